The SMILES string of the molecule is [C-]#[N+]c1ncccc1Cc1ccnc(C(=O)NC2COc3ccc(C#CC(C)(C)O)cc3N(C)C2=O)c1. The van der Waals surface area contributed by atoms with Gasteiger partial charge in [-0.15, -0.1) is 4.98 Å². The molecule has 9 nitrogen and oxygen atoms in total. The molecule has 3 heterocycles. The minimum absolute atomic E-state index is 0.0552. The normalized spacial score (nSPS) is 14.8. The molecule has 1 aliphatic heterocycles. The summed E-state index contributed by atoms with van der Waals surface area (Å²) in [6.07, 6.45) is 3.49. The van der Waals surface area contributed by atoms with Gasteiger partial charge < -0.3 is 24.9 Å². The number of nitrogens with zero attached hydrogens (tertiary/aromatic N) is 4. The Labute approximate surface area is 215 Å². The van der Waals surface area contributed by atoms with Gasteiger partial charge in [0.15, 0.2) is 0 Å². The third-order valence-electron chi connectivity index (χ3n) is 5.60. The summed E-state index contributed by atoms with van der Waals surface area (Å²) < 4.78 is 5.84. The van der Waals surface area contributed by atoms with Crippen LogP contribution in [0.15, 0.2) is 54.9 Å². The zero-order valence-electron chi connectivity index (χ0n) is 20.6. The Balaban J connectivity index is 1.49. The first kappa shape index (κ1) is 25.4. The number of likely N-dealkylation sites (N-methyl/N-ethyl adjacent to an activating group) is 1. The highest BCUT2D eigenvalue weighted by molar-refractivity contribution is 6.03. The molecule has 0 radical (unpaired) electrons. The van der Waals surface area contributed by atoms with E-state index >= 15 is 0 Å². The minimum Gasteiger partial charge on any atom is -0.489 e. The molecule has 0 spiro atoms. The van der Waals surface area contributed by atoms with Crippen molar-refractivity contribution in [2.24, 2.45) is 0 Å². The maximum Gasteiger partial charge on any atom is 0.273 e. The maximum atomic E-state index is 13.2. The second-order valence-corrected chi connectivity index (χ2v) is 9.05. The van der Waals surface area contributed by atoms with Crippen LogP contribution in [0.4, 0.5) is 11.5 Å². The fourth-order valence-electron chi connectivity index (χ4n) is 3.73. The highest BCUT2D eigenvalue weighted by Crippen LogP contribution is 2.31. The number of aliphatic hydroxyl groups is 1. The zero-order valence-corrected chi connectivity index (χ0v) is 20.6. The Hall–Kier alpha value is -4.73. The highest BCUT2D eigenvalue weighted by atomic mass is 16.5. The molecule has 1 aromatic carbocycles. The summed E-state index contributed by atoms with van der Waals surface area (Å²) in [6.45, 7) is 10.4. The lowest BCUT2D eigenvalue weighted by Gasteiger charge is -2.20. The molecule has 1 aliphatic rings. The predicted molar refractivity (Wildman–Crippen MR) is 137 cm³/mol. The lowest BCUT2D eigenvalue weighted by Crippen LogP contribution is -2.49. The average molecular weight is 496 g/mol. The third-order valence-corrected chi connectivity index (χ3v) is 5.60. The smallest absolute Gasteiger partial charge is 0.273 e. The van der Waals surface area contributed by atoms with Crippen molar-refractivity contribution in [2.45, 2.75) is 31.9 Å². The van der Waals surface area contributed by atoms with Gasteiger partial charge in [0.1, 0.15) is 35.9 Å². The number of aromatic nitrogens is 2. The fourth-order valence-corrected chi connectivity index (χ4v) is 3.73. The molecular weight excluding hydrogens is 470 g/mol. The number of hydrogen-bond acceptors (Lipinski definition) is 6. The van der Waals surface area contributed by atoms with Crippen LogP contribution in [0.2, 0.25) is 0 Å². The van der Waals surface area contributed by atoms with Crippen molar-refractivity contribution >= 4 is 23.3 Å². The van der Waals surface area contributed by atoms with Crippen LogP contribution < -0.4 is 15.0 Å². The summed E-state index contributed by atoms with van der Waals surface area (Å²) in [7, 11) is 1.60. The van der Waals surface area contributed by atoms with Crippen molar-refractivity contribution in [3.8, 4) is 17.6 Å². The number of hydrogen-bond donors (Lipinski definition) is 2. The van der Waals surface area contributed by atoms with Crippen LogP contribution in [0.25, 0.3) is 4.85 Å². The number of ether oxygens (including phenoxy) is 1. The van der Waals surface area contributed by atoms with E-state index in [1.807, 2.05) is 6.07 Å². The summed E-state index contributed by atoms with van der Waals surface area (Å²) in [5, 5.41) is 12.6. The fraction of sp³-hybridized carbons (Fsp3) is 0.250. The summed E-state index contributed by atoms with van der Waals surface area (Å²) in [6, 6.07) is 11.2. The van der Waals surface area contributed by atoms with Crippen LogP contribution in [-0.4, -0.2) is 52.2 Å². The molecule has 1 atom stereocenters. The van der Waals surface area contributed by atoms with Crippen LogP contribution in [0.5, 0.6) is 5.75 Å². The van der Waals surface area contributed by atoms with Gasteiger partial charge in [-0.1, -0.05) is 24.5 Å². The van der Waals surface area contributed by atoms with E-state index in [1.54, 1.807) is 63.5 Å². The van der Waals surface area contributed by atoms with E-state index in [4.69, 9.17) is 11.3 Å². The van der Waals surface area contributed by atoms with E-state index in [-0.39, 0.29) is 18.2 Å². The van der Waals surface area contributed by atoms with Crippen LogP contribution in [0.1, 0.15) is 41.0 Å². The zero-order chi connectivity index (χ0) is 26.6. The number of pyridine rings is 2. The van der Waals surface area contributed by atoms with E-state index in [2.05, 4.69) is 32.0 Å². The van der Waals surface area contributed by atoms with E-state index in [9.17, 15) is 14.7 Å². The third kappa shape index (κ3) is 6.10. The summed E-state index contributed by atoms with van der Waals surface area (Å²) >= 11 is 0. The van der Waals surface area contributed by atoms with Crippen molar-refractivity contribution < 1.29 is 19.4 Å². The number of amides is 2. The summed E-state index contributed by atoms with van der Waals surface area (Å²) in [5.74, 6) is 5.56. The molecule has 9 heteroatoms. The van der Waals surface area contributed by atoms with Gasteiger partial charge >= 0.3 is 0 Å². The van der Waals surface area contributed by atoms with Crippen LogP contribution in [0, 0.1) is 18.4 Å². The van der Waals surface area contributed by atoms with Crippen molar-refractivity contribution in [3.05, 3.63) is 88.7 Å². The van der Waals surface area contributed by atoms with Crippen molar-refractivity contribution in [2.75, 3.05) is 18.6 Å². The molecule has 4 rings (SSSR count). The molecule has 0 saturated carbocycles. The van der Waals surface area contributed by atoms with Crippen molar-refractivity contribution in [3.63, 3.8) is 0 Å². The number of carbonyl (C=O) groups is 2. The van der Waals surface area contributed by atoms with E-state index in [0.717, 1.165) is 11.1 Å². The maximum absolute atomic E-state index is 13.2. The Morgan fingerprint density at radius 3 is 2.84 bits per heavy atom. The molecule has 186 valence electrons. The van der Waals surface area contributed by atoms with Gasteiger partial charge in [-0.05, 0) is 67.8 Å². The van der Waals surface area contributed by atoms with Crippen LogP contribution >= 0.6 is 0 Å². The molecule has 0 aliphatic carbocycles. The second-order valence-electron chi connectivity index (χ2n) is 9.05. The number of rotatable bonds is 4. The number of fused-ring (bicyclic) bond motifs is 1. The molecule has 37 heavy (non-hydrogen) atoms. The van der Waals surface area contributed by atoms with Gasteiger partial charge in [-0.25, -0.2) is 0 Å². The van der Waals surface area contributed by atoms with Gasteiger partial charge in [0.25, 0.3) is 17.6 Å². The first-order valence-electron chi connectivity index (χ1n) is 11.5. The Morgan fingerprint density at radius 1 is 1.27 bits per heavy atom. The van der Waals surface area contributed by atoms with Gasteiger partial charge in [0.2, 0.25) is 0 Å². The van der Waals surface area contributed by atoms with Crippen LogP contribution in [-0.2, 0) is 11.2 Å². The molecule has 2 N–H and O–H groups in total. The highest BCUT2D eigenvalue weighted by Gasteiger charge is 2.31. The number of benzene rings is 1. The predicted octanol–water partition coefficient (Wildman–Crippen LogP) is 2.89. The Kier molecular flexibility index (Phi) is 7.19. The van der Waals surface area contributed by atoms with Crippen molar-refractivity contribution in [1.29, 1.82) is 0 Å². The lowest BCUT2D eigenvalue weighted by atomic mass is 10.1. The Bertz CT molecular complexity index is 1460. The van der Waals surface area contributed by atoms with E-state index in [0.29, 0.717) is 29.2 Å². The van der Waals surface area contributed by atoms with Crippen molar-refractivity contribution in [1.82, 2.24) is 15.3 Å². The molecule has 3 aromatic rings. The van der Waals surface area contributed by atoms with Crippen LogP contribution in [0.3, 0.4) is 0 Å². The number of anilines is 1. The Morgan fingerprint density at radius 2 is 2.08 bits per heavy atom. The number of carbonyl (C=O) groups excluding carboxylic acids is 2. The first-order chi connectivity index (χ1) is 17.6. The minimum atomic E-state index is -1.15. The quantitative estimate of drug-likeness (QED) is 0.426. The monoisotopic (exact) mass is 495 g/mol. The number of nitrogens with one attached hydrogen (secondary N) is 1. The lowest BCUT2D eigenvalue weighted by molar-refractivity contribution is -0.120. The summed E-state index contributed by atoms with van der Waals surface area (Å²) in [4.78, 5) is 39.3. The molecule has 0 bridgehead atoms. The molecule has 0 fully saturated rings. The van der Waals surface area contributed by atoms with Gasteiger partial charge in [-0.3, -0.25) is 14.6 Å². The molecular formula is C28H25N5O4. The topological polar surface area (TPSA) is 109 Å². The van der Waals surface area contributed by atoms with Gasteiger partial charge in [-0.2, -0.15) is 0 Å². The van der Waals surface area contributed by atoms with Gasteiger partial charge in [0.05, 0.1) is 5.69 Å². The van der Waals surface area contributed by atoms with E-state index < -0.39 is 17.6 Å². The molecule has 1 unspecified atom stereocenters. The molecule has 2 aromatic heterocycles. The standard InChI is InChI=1S/C28H25N5O4/c1-28(2,36)11-9-18-7-8-24-23(16-18)33(4)27(35)22(17-37-24)32-26(34)21-15-19(10-13-30-21)14-20-6-5-12-31-25(20)29-3/h5-8,10,12-13,15-16,22,36H,14,17H2,1-2,4H3,(H,32,34). The molecule has 2 amide bonds. The summed E-state index contributed by atoms with van der Waals surface area (Å²) in [5.41, 5.74) is 1.65. The average Bonchev–Trinajstić information content (AvgIpc) is 2.99. The second kappa shape index (κ2) is 10.5. The van der Waals surface area contributed by atoms with E-state index in [1.165, 1.54) is 11.1 Å². The van der Waals surface area contributed by atoms with Gasteiger partial charge in [0, 0.05) is 18.8 Å². The first-order valence-corrected chi connectivity index (χ1v) is 11.5. The largest absolute Gasteiger partial charge is 0.489 e. The molecule has 0 saturated heterocycles.